The second kappa shape index (κ2) is 10.5. The van der Waals surface area contributed by atoms with E-state index < -0.39 is 23.6 Å². The van der Waals surface area contributed by atoms with Gasteiger partial charge in [0.05, 0.1) is 19.9 Å². The van der Waals surface area contributed by atoms with Gasteiger partial charge in [0.2, 0.25) is 0 Å². The number of halogens is 2. The van der Waals surface area contributed by atoms with E-state index in [4.69, 9.17) is 20.8 Å². The summed E-state index contributed by atoms with van der Waals surface area (Å²) in [4.78, 5) is 22.4. The Morgan fingerprint density at radius 1 is 1.30 bits per heavy atom. The third-order valence-corrected chi connectivity index (χ3v) is 4.43. The molecule has 0 fully saturated rings. The van der Waals surface area contributed by atoms with Gasteiger partial charge in [0.1, 0.15) is 6.61 Å². The van der Waals surface area contributed by atoms with E-state index in [1.165, 1.54) is 27.2 Å². The highest BCUT2D eigenvalue weighted by Crippen LogP contribution is 2.24. The number of terminal acetylenes is 1. The van der Waals surface area contributed by atoms with Crippen molar-refractivity contribution in [1.82, 2.24) is 5.48 Å². The average molecular weight is 416 g/mol. The minimum absolute atomic E-state index is 0.0306. The summed E-state index contributed by atoms with van der Waals surface area (Å²) in [5.74, 6) is -0.418. The van der Waals surface area contributed by atoms with Crippen molar-refractivity contribution in [2.24, 2.45) is 5.16 Å². The molecule has 1 atom stereocenters. The van der Waals surface area contributed by atoms with Crippen molar-refractivity contribution in [1.29, 1.82) is 0 Å². The van der Waals surface area contributed by atoms with Crippen LogP contribution in [-0.4, -0.2) is 25.9 Å². The molecule has 0 bridgehead atoms. The first kappa shape index (κ1) is 23.0. The molecule has 0 aliphatic carbocycles. The number of esters is 1. The summed E-state index contributed by atoms with van der Waals surface area (Å²) >= 11 is 0. The summed E-state index contributed by atoms with van der Waals surface area (Å²) in [6, 6.07) is 6.70. The molecule has 0 amide bonds. The summed E-state index contributed by atoms with van der Waals surface area (Å²) in [5.41, 5.74) is 4.86. The number of oxime groups is 1. The molecule has 2 aromatic rings. The summed E-state index contributed by atoms with van der Waals surface area (Å²) < 4.78 is 32.7. The molecule has 2 aromatic carbocycles. The van der Waals surface area contributed by atoms with Crippen LogP contribution in [0.15, 0.2) is 35.5 Å². The molecule has 1 N–H and O–H groups in total. The summed E-state index contributed by atoms with van der Waals surface area (Å²) in [7, 11) is 2.65. The number of methoxy groups -OCH3 is 1. The standard InChI is InChI=1S/C22H22F2N2O4/c1-6-15-10-17(20(24)19(23)11-15)14(3)25-30-12-18-13(2)8-7-9-16(18)21(26-29-5)22(27)28-4/h1,7-11,21,26H,12H2,2-5H3/b25-14+. The number of nitrogens with zero attached hydrogens (tertiary/aromatic N) is 1. The minimum Gasteiger partial charge on any atom is -0.468 e. The molecule has 0 aliphatic rings. The van der Waals surface area contributed by atoms with E-state index >= 15 is 0 Å². The van der Waals surface area contributed by atoms with Crippen LogP contribution in [0, 0.1) is 30.9 Å². The third-order valence-electron chi connectivity index (χ3n) is 4.43. The molecule has 0 saturated heterocycles. The van der Waals surface area contributed by atoms with Crippen molar-refractivity contribution < 1.29 is 28.0 Å². The fraction of sp³-hybridized carbons (Fsp3) is 0.273. The van der Waals surface area contributed by atoms with Crippen molar-refractivity contribution in [3.05, 3.63) is 69.8 Å². The van der Waals surface area contributed by atoms with Crippen LogP contribution >= 0.6 is 0 Å². The van der Waals surface area contributed by atoms with Gasteiger partial charge in [-0.3, -0.25) is 0 Å². The molecular weight excluding hydrogens is 394 g/mol. The maximum absolute atomic E-state index is 14.1. The van der Waals surface area contributed by atoms with Crippen LogP contribution < -0.4 is 5.48 Å². The van der Waals surface area contributed by atoms with Gasteiger partial charge < -0.3 is 14.4 Å². The molecule has 0 radical (unpaired) electrons. The zero-order valence-electron chi connectivity index (χ0n) is 17.1. The van der Waals surface area contributed by atoms with Crippen LogP contribution in [0.4, 0.5) is 8.78 Å². The molecule has 0 heterocycles. The van der Waals surface area contributed by atoms with Gasteiger partial charge in [0.25, 0.3) is 0 Å². The zero-order chi connectivity index (χ0) is 22.3. The molecule has 30 heavy (non-hydrogen) atoms. The van der Waals surface area contributed by atoms with Gasteiger partial charge in [-0.15, -0.1) is 6.42 Å². The van der Waals surface area contributed by atoms with E-state index in [2.05, 4.69) is 16.6 Å². The number of ether oxygens (including phenoxy) is 1. The zero-order valence-corrected chi connectivity index (χ0v) is 17.1. The molecule has 0 saturated carbocycles. The number of carbonyl (C=O) groups excluding carboxylic acids is 1. The van der Waals surface area contributed by atoms with E-state index in [1.807, 2.05) is 13.0 Å². The minimum atomic E-state index is -1.07. The topological polar surface area (TPSA) is 69.1 Å². The number of aryl methyl sites for hydroxylation is 1. The first-order chi connectivity index (χ1) is 14.3. The lowest BCUT2D eigenvalue weighted by molar-refractivity contribution is -0.147. The monoisotopic (exact) mass is 416 g/mol. The van der Waals surface area contributed by atoms with Crippen LogP contribution in [-0.2, 0) is 25.8 Å². The lowest BCUT2D eigenvalue weighted by Crippen LogP contribution is -2.30. The Kier molecular flexibility index (Phi) is 8.04. The first-order valence-corrected chi connectivity index (χ1v) is 8.91. The fourth-order valence-corrected chi connectivity index (χ4v) is 2.85. The van der Waals surface area contributed by atoms with Crippen LogP contribution in [0.3, 0.4) is 0 Å². The Balaban J connectivity index is 2.31. The highest BCUT2D eigenvalue weighted by Gasteiger charge is 2.25. The SMILES string of the molecule is C#Cc1cc(F)c(F)c(/C(C)=N/OCc2c(C)cccc2C(NOC)C(=O)OC)c1. The molecular formula is C22H22F2N2O4. The Morgan fingerprint density at radius 2 is 2.03 bits per heavy atom. The van der Waals surface area contributed by atoms with Crippen molar-refractivity contribution in [3.8, 4) is 12.3 Å². The smallest absolute Gasteiger partial charge is 0.329 e. The summed E-state index contributed by atoms with van der Waals surface area (Å²) in [5, 5.41) is 3.89. The molecule has 0 spiro atoms. The Bertz CT molecular complexity index is 999. The van der Waals surface area contributed by atoms with Gasteiger partial charge in [-0.25, -0.2) is 13.6 Å². The number of rotatable bonds is 8. The van der Waals surface area contributed by atoms with E-state index in [-0.39, 0.29) is 23.4 Å². The first-order valence-electron chi connectivity index (χ1n) is 8.91. The van der Waals surface area contributed by atoms with Crippen molar-refractivity contribution in [2.75, 3.05) is 14.2 Å². The van der Waals surface area contributed by atoms with E-state index in [0.29, 0.717) is 11.1 Å². The molecule has 6 nitrogen and oxygen atoms in total. The molecule has 0 aliphatic heterocycles. The van der Waals surface area contributed by atoms with Crippen LogP contribution in [0.25, 0.3) is 0 Å². The molecule has 158 valence electrons. The van der Waals surface area contributed by atoms with Gasteiger partial charge in [-0.2, -0.15) is 5.48 Å². The number of hydroxylamine groups is 1. The average Bonchev–Trinajstić information content (AvgIpc) is 2.74. The maximum atomic E-state index is 14.1. The molecule has 0 aromatic heterocycles. The van der Waals surface area contributed by atoms with Gasteiger partial charge in [-0.1, -0.05) is 29.3 Å². The lowest BCUT2D eigenvalue weighted by atomic mass is 9.97. The Hall–Kier alpha value is -3.28. The Morgan fingerprint density at radius 3 is 2.67 bits per heavy atom. The Labute approximate surface area is 173 Å². The van der Waals surface area contributed by atoms with Gasteiger partial charge in [0.15, 0.2) is 17.7 Å². The number of hydrogen-bond donors (Lipinski definition) is 1. The van der Waals surface area contributed by atoms with Gasteiger partial charge in [0, 0.05) is 16.7 Å². The summed E-state index contributed by atoms with van der Waals surface area (Å²) in [6.45, 7) is 3.28. The van der Waals surface area contributed by atoms with Gasteiger partial charge >= 0.3 is 5.97 Å². The van der Waals surface area contributed by atoms with E-state index in [0.717, 1.165) is 11.6 Å². The predicted molar refractivity (Wildman–Crippen MR) is 107 cm³/mol. The summed E-state index contributed by atoms with van der Waals surface area (Å²) in [6.07, 6.45) is 5.27. The highest BCUT2D eigenvalue weighted by atomic mass is 19.2. The number of carbonyl (C=O) groups is 1. The van der Waals surface area contributed by atoms with Crippen molar-refractivity contribution in [2.45, 2.75) is 26.5 Å². The van der Waals surface area contributed by atoms with Crippen LogP contribution in [0.2, 0.25) is 0 Å². The highest BCUT2D eigenvalue weighted by molar-refractivity contribution is 5.98. The number of hydrogen-bond acceptors (Lipinski definition) is 6. The van der Waals surface area contributed by atoms with Gasteiger partial charge in [-0.05, 0) is 37.1 Å². The number of nitrogens with one attached hydrogen (secondary N) is 1. The second-order valence-electron chi connectivity index (χ2n) is 6.33. The van der Waals surface area contributed by atoms with Crippen molar-refractivity contribution >= 4 is 11.7 Å². The van der Waals surface area contributed by atoms with Crippen LogP contribution in [0.5, 0.6) is 0 Å². The van der Waals surface area contributed by atoms with Crippen molar-refractivity contribution in [3.63, 3.8) is 0 Å². The third kappa shape index (κ3) is 5.20. The quantitative estimate of drug-likeness (QED) is 0.308. The second-order valence-corrected chi connectivity index (χ2v) is 6.33. The largest absolute Gasteiger partial charge is 0.468 e. The normalized spacial score (nSPS) is 12.2. The van der Waals surface area contributed by atoms with E-state index in [9.17, 15) is 13.6 Å². The van der Waals surface area contributed by atoms with E-state index in [1.54, 1.807) is 12.1 Å². The maximum Gasteiger partial charge on any atom is 0.329 e. The number of benzene rings is 2. The van der Waals surface area contributed by atoms with Crippen LogP contribution in [0.1, 0.15) is 40.8 Å². The molecule has 2 rings (SSSR count). The molecule has 1 unspecified atom stereocenters. The fourth-order valence-electron chi connectivity index (χ4n) is 2.85. The molecule has 8 heteroatoms. The predicted octanol–water partition coefficient (Wildman–Crippen LogP) is 3.56. The lowest BCUT2D eigenvalue weighted by Gasteiger charge is -2.19.